The Morgan fingerprint density at radius 1 is 1.14 bits per heavy atom. The summed E-state index contributed by atoms with van der Waals surface area (Å²) in [5.41, 5.74) is 0.999. The minimum atomic E-state index is -1.08. The summed E-state index contributed by atoms with van der Waals surface area (Å²) < 4.78 is 7.59. The molecule has 2 aliphatic rings. The Morgan fingerprint density at radius 2 is 1.81 bits per heavy atom. The molecule has 4 rings (SSSR count). The molecule has 1 fully saturated rings. The van der Waals surface area contributed by atoms with Crippen molar-refractivity contribution in [2.24, 2.45) is 0 Å². The minimum absolute atomic E-state index is 0.103. The summed E-state index contributed by atoms with van der Waals surface area (Å²) in [5.74, 6) is 0.463. The van der Waals surface area contributed by atoms with Crippen molar-refractivity contribution in [2.75, 3.05) is 6.61 Å². The van der Waals surface area contributed by atoms with Crippen LogP contribution in [0.15, 0.2) is 30.3 Å². The Morgan fingerprint density at radius 3 is 2.47 bits per heavy atom. The SMILES string of the molecule is CCOc1ccccc1CN1C(=O)c2cc(C(C)(C)C)nn2CC1(C)C(=O)NC1CCCCCCC1. The van der Waals surface area contributed by atoms with Gasteiger partial charge < -0.3 is 15.0 Å². The fraction of sp³-hybridized carbons (Fsp3) is 0.621. The third-order valence-corrected chi connectivity index (χ3v) is 7.60. The molecule has 1 atom stereocenters. The van der Waals surface area contributed by atoms with Gasteiger partial charge in [0.05, 0.1) is 25.4 Å². The predicted octanol–water partition coefficient (Wildman–Crippen LogP) is 5.22. The van der Waals surface area contributed by atoms with Gasteiger partial charge in [-0.3, -0.25) is 14.3 Å². The molecule has 1 aliphatic heterocycles. The number of fused-ring (bicyclic) bond motifs is 1. The van der Waals surface area contributed by atoms with E-state index >= 15 is 0 Å². The molecular formula is C29H42N4O3. The van der Waals surface area contributed by atoms with E-state index in [0.717, 1.165) is 42.7 Å². The minimum Gasteiger partial charge on any atom is -0.494 e. The molecular weight excluding hydrogens is 452 g/mol. The molecule has 36 heavy (non-hydrogen) atoms. The van der Waals surface area contributed by atoms with E-state index in [1.807, 2.05) is 44.2 Å². The zero-order valence-electron chi connectivity index (χ0n) is 22.6. The molecule has 7 heteroatoms. The Hall–Kier alpha value is -2.83. The molecule has 0 spiro atoms. The Balaban J connectivity index is 1.70. The quantitative estimate of drug-likeness (QED) is 0.597. The van der Waals surface area contributed by atoms with Gasteiger partial charge in [-0.2, -0.15) is 5.10 Å². The first-order chi connectivity index (χ1) is 17.1. The van der Waals surface area contributed by atoms with E-state index in [-0.39, 0.29) is 23.3 Å². The molecule has 0 bridgehead atoms. The standard InChI is InChI=1S/C29H42N4O3/c1-6-36-24-17-13-12-14-21(24)19-32-26(34)23-18-25(28(2,3)4)31-33(23)20-29(32,5)27(35)30-22-15-10-8-7-9-11-16-22/h12-14,17-18,22H,6-11,15-16,19-20H2,1-5H3,(H,30,35). The number of para-hydroxylation sites is 1. The topological polar surface area (TPSA) is 76.5 Å². The number of nitrogens with zero attached hydrogens (tertiary/aromatic N) is 3. The lowest BCUT2D eigenvalue weighted by Crippen LogP contribution is -2.64. The highest BCUT2D eigenvalue weighted by Crippen LogP contribution is 2.33. The van der Waals surface area contributed by atoms with Crippen LogP contribution in [0.25, 0.3) is 0 Å². The second kappa shape index (κ2) is 10.7. The monoisotopic (exact) mass is 494 g/mol. The van der Waals surface area contributed by atoms with Crippen LogP contribution in [0.1, 0.15) is 101 Å². The van der Waals surface area contributed by atoms with E-state index in [0.29, 0.717) is 25.4 Å². The van der Waals surface area contributed by atoms with E-state index in [2.05, 4.69) is 26.1 Å². The molecule has 2 heterocycles. The third kappa shape index (κ3) is 5.45. The maximum atomic E-state index is 14.0. The third-order valence-electron chi connectivity index (χ3n) is 7.60. The lowest BCUT2D eigenvalue weighted by molar-refractivity contribution is -0.134. The Kier molecular flexibility index (Phi) is 7.76. The molecule has 0 radical (unpaired) electrons. The van der Waals surface area contributed by atoms with Gasteiger partial charge in [0.1, 0.15) is 17.0 Å². The normalized spacial score (nSPS) is 21.5. The summed E-state index contributed by atoms with van der Waals surface area (Å²) >= 11 is 0. The lowest BCUT2D eigenvalue weighted by Gasteiger charge is -2.44. The summed E-state index contributed by atoms with van der Waals surface area (Å²) in [4.78, 5) is 29.7. The van der Waals surface area contributed by atoms with Crippen LogP contribution in [-0.4, -0.2) is 44.7 Å². The number of aromatic nitrogens is 2. The number of hydrogen-bond acceptors (Lipinski definition) is 4. The molecule has 7 nitrogen and oxygen atoms in total. The first-order valence-corrected chi connectivity index (χ1v) is 13.6. The van der Waals surface area contributed by atoms with Gasteiger partial charge in [-0.25, -0.2) is 0 Å². The van der Waals surface area contributed by atoms with Crippen molar-refractivity contribution >= 4 is 11.8 Å². The summed E-state index contributed by atoms with van der Waals surface area (Å²) in [6.45, 7) is 11.2. The van der Waals surface area contributed by atoms with Crippen molar-refractivity contribution in [1.82, 2.24) is 20.0 Å². The molecule has 1 unspecified atom stereocenters. The van der Waals surface area contributed by atoms with Gasteiger partial charge in [0, 0.05) is 17.0 Å². The number of amides is 2. The van der Waals surface area contributed by atoms with Crippen LogP contribution in [0.3, 0.4) is 0 Å². The van der Waals surface area contributed by atoms with E-state index in [1.54, 1.807) is 9.58 Å². The van der Waals surface area contributed by atoms with Gasteiger partial charge in [-0.05, 0) is 38.8 Å². The second-order valence-corrected chi connectivity index (χ2v) is 11.5. The first kappa shape index (κ1) is 26.2. The fourth-order valence-corrected chi connectivity index (χ4v) is 5.30. The smallest absolute Gasteiger partial charge is 0.273 e. The van der Waals surface area contributed by atoms with E-state index in [4.69, 9.17) is 9.84 Å². The van der Waals surface area contributed by atoms with Gasteiger partial charge in [0.2, 0.25) is 5.91 Å². The highest BCUT2D eigenvalue weighted by atomic mass is 16.5. The predicted molar refractivity (Wildman–Crippen MR) is 141 cm³/mol. The summed E-state index contributed by atoms with van der Waals surface area (Å²) in [5, 5.41) is 8.11. The van der Waals surface area contributed by atoms with Crippen molar-refractivity contribution in [2.45, 2.75) is 110 Å². The van der Waals surface area contributed by atoms with E-state index < -0.39 is 5.54 Å². The first-order valence-electron chi connectivity index (χ1n) is 13.6. The van der Waals surface area contributed by atoms with E-state index in [9.17, 15) is 9.59 Å². The molecule has 1 saturated carbocycles. The molecule has 196 valence electrons. The number of carbonyl (C=O) groups excluding carboxylic acids is 2. The van der Waals surface area contributed by atoms with Crippen LogP contribution in [-0.2, 0) is 23.3 Å². The zero-order valence-corrected chi connectivity index (χ0v) is 22.6. The van der Waals surface area contributed by atoms with Gasteiger partial charge in [-0.1, -0.05) is 71.1 Å². The summed E-state index contributed by atoms with van der Waals surface area (Å²) in [6, 6.07) is 9.79. The van der Waals surface area contributed by atoms with Gasteiger partial charge in [-0.15, -0.1) is 0 Å². The highest BCUT2D eigenvalue weighted by Gasteiger charge is 2.49. The Labute approximate surface area is 215 Å². The lowest BCUT2D eigenvalue weighted by atomic mass is 9.91. The van der Waals surface area contributed by atoms with Crippen LogP contribution >= 0.6 is 0 Å². The van der Waals surface area contributed by atoms with Gasteiger partial charge in [0.25, 0.3) is 5.91 Å². The van der Waals surface area contributed by atoms with Crippen molar-refractivity contribution in [3.05, 3.63) is 47.3 Å². The van der Waals surface area contributed by atoms with E-state index in [1.165, 1.54) is 19.3 Å². The molecule has 0 saturated heterocycles. The van der Waals surface area contributed by atoms with Crippen LogP contribution in [0.4, 0.5) is 0 Å². The number of carbonyl (C=O) groups is 2. The Bertz CT molecular complexity index is 1080. The fourth-order valence-electron chi connectivity index (χ4n) is 5.30. The van der Waals surface area contributed by atoms with Gasteiger partial charge >= 0.3 is 0 Å². The van der Waals surface area contributed by atoms with Crippen LogP contribution in [0, 0.1) is 0 Å². The molecule has 1 aromatic heterocycles. The average molecular weight is 495 g/mol. The number of nitrogens with one attached hydrogen (secondary N) is 1. The average Bonchev–Trinajstić information content (AvgIpc) is 3.24. The van der Waals surface area contributed by atoms with Crippen molar-refractivity contribution < 1.29 is 14.3 Å². The molecule has 1 aromatic carbocycles. The van der Waals surface area contributed by atoms with Crippen LogP contribution in [0.2, 0.25) is 0 Å². The van der Waals surface area contributed by atoms with Crippen molar-refractivity contribution in [1.29, 1.82) is 0 Å². The summed E-state index contributed by atoms with van der Waals surface area (Å²) in [6.07, 6.45) is 7.95. The second-order valence-electron chi connectivity index (χ2n) is 11.5. The van der Waals surface area contributed by atoms with Gasteiger partial charge in [0.15, 0.2) is 0 Å². The van der Waals surface area contributed by atoms with Crippen molar-refractivity contribution in [3.8, 4) is 5.75 Å². The molecule has 2 aromatic rings. The van der Waals surface area contributed by atoms with Crippen LogP contribution < -0.4 is 10.1 Å². The number of rotatable bonds is 6. The maximum Gasteiger partial charge on any atom is 0.273 e. The van der Waals surface area contributed by atoms with Crippen LogP contribution in [0.5, 0.6) is 5.75 Å². The zero-order chi connectivity index (χ0) is 25.9. The van der Waals surface area contributed by atoms with Crippen molar-refractivity contribution in [3.63, 3.8) is 0 Å². The molecule has 1 N–H and O–H groups in total. The maximum absolute atomic E-state index is 14.0. The number of benzene rings is 1. The molecule has 1 aliphatic carbocycles. The molecule has 2 amide bonds. The largest absolute Gasteiger partial charge is 0.494 e. The number of ether oxygens (including phenoxy) is 1. The highest BCUT2D eigenvalue weighted by molar-refractivity contribution is 5.99. The number of hydrogen-bond donors (Lipinski definition) is 1. The summed E-state index contributed by atoms with van der Waals surface area (Å²) in [7, 11) is 0.